The summed E-state index contributed by atoms with van der Waals surface area (Å²) in [6, 6.07) is 21.2. The molecule has 0 aliphatic carbocycles. The van der Waals surface area contributed by atoms with E-state index in [2.05, 4.69) is 10.6 Å². The SMILES string of the molecule is COc1cc2c(cc1NC(=O)[C@@H](C)NCc1ccccc1)oc1ccccc12. The smallest absolute Gasteiger partial charge is 0.241 e. The van der Waals surface area contributed by atoms with E-state index < -0.39 is 0 Å². The van der Waals surface area contributed by atoms with Crippen molar-refractivity contribution < 1.29 is 13.9 Å². The third-order valence-electron chi connectivity index (χ3n) is 4.81. The van der Waals surface area contributed by atoms with Crippen LogP contribution in [0.3, 0.4) is 0 Å². The maximum Gasteiger partial charge on any atom is 0.241 e. The van der Waals surface area contributed by atoms with Gasteiger partial charge >= 0.3 is 0 Å². The number of carbonyl (C=O) groups is 1. The summed E-state index contributed by atoms with van der Waals surface area (Å²) in [5.74, 6) is 0.465. The second-order valence-corrected chi connectivity index (χ2v) is 6.72. The van der Waals surface area contributed by atoms with Crippen LogP contribution in [0, 0.1) is 0 Å². The van der Waals surface area contributed by atoms with Crippen molar-refractivity contribution in [3.05, 3.63) is 72.3 Å². The molecule has 28 heavy (non-hydrogen) atoms. The second kappa shape index (κ2) is 7.74. The fourth-order valence-corrected chi connectivity index (χ4v) is 3.22. The molecule has 0 spiro atoms. The van der Waals surface area contributed by atoms with E-state index in [1.54, 1.807) is 7.11 Å². The molecule has 4 rings (SSSR count). The van der Waals surface area contributed by atoms with Gasteiger partial charge in [-0.15, -0.1) is 0 Å². The van der Waals surface area contributed by atoms with Gasteiger partial charge in [-0.1, -0.05) is 48.5 Å². The first-order valence-corrected chi connectivity index (χ1v) is 9.23. The van der Waals surface area contributed by atoms with E-state index in [9.17, 15) is 4.79 Å². The molecule has 4 aromatic rings. The van der Waals surface area contributed by atoms with Crippen LogP contribution in [0.1, 0.15) is 12.5 Å². The molecule has 5 nitrogen and oxygen atoms in total. The summed E-state index contributed by atoms with van der Waals surface area (Å²) in [6.07, 6.45) is 0. The number of furan rings is 1. The number of methoxy groups -OCH3 is 1. The van der Waals surface area contributed by atoms with Crippen LogP contribution in [0.4, 0.5) is 5.69 Å². The number of amides is 1. The van der Waals surface area contributed by atoms with E-state index >= 15 is 0 Å². The van der Waals surface area contributed by atoms with Crippen LogP contribution < -0.4 is 15.4 Å². The minimum absolute atomic E-state index is 0.135. The van der Waals surface area contributed by atoms with Crippen LogP contribution in [-0.4, -0.2) is 19.1 Å². The van der Waals surface area contributed by atoms with Crippen LogP contribution in [0.25, 0.3) is 21.9 Å². The Hall–Kier alpha value is -3.31. The maximum atomic E-state index is 12.7. The van der Waals surface area contributed by atoms with Crippen molar-refractivity contribution in [1.82, 2.24) is 5.32 Å². The van der Waals surface area contributed by atoms with E-state index in [1.165, 1.54) is 0 Å². The predicted molar refractivity (Wildman–Crippen MR) is 112 cm³/mol. The summed E-state index contributed by atoms with van der Waals surface area (Å²) in [5.41, 5.74) is 3.24. The highest BCUT2D eigenvalue weighted by molar-refractivity contribution is 6.08. The van der Waals surface area contributed by atoms with Gasteiger partial charge in [0.25, 0.3) is 0 Å². The van der Waals surface area contributed by atoms with Crippen molar-refractivity contribution in [3.63, 3.8) is 0 Å². The normalized spacial score (nSPS) is 12.2. The number of benzene rings is 3. The van der Waals surface area contributed by atoms with Crippen molar-refractivity contribution in [3.8, 4) is 5.75 Å². The third kappa shape index (κ3) is 3.57. The summed E-state index contributed by atoms with van der Waals surface area (Å²) >= 11 is 0. The number of hydrogen-bond acceptors (Lipinski definition) is 4. The number of nitrogens with one attached hydrogen (secondary N) is 2. The van der Waals surface area contributed by atoms with Gasteiger partial charge in [0.15, 0.2) is 0 Å². The molecule has 1 amide bonds. The number of ether oxygens (including phenoxy) is 1. The van der Waals surface area contributed by atoms with Crippen LogP contribution in [-0.2, 0) is 11.3 Å². The van der Waals surface area contributed by atoms with Crippen molar-refractivity contribution >= 4 is 33.5 Å². The fraction of sp³-hybridized carbons (Fsp3) is 0.174. The number of carbonyl (C=O) groups excluding carboxylic acids is 1. The summed E-state index contributed by atoms with van der Waals surface area (Å²) in [7, 11) is 1.59. The Labute approximate surface area is 163 Å². The zero-order chi connectivity index (χ0) is 19.5. The van der Waals surface area contributed by atoms with Gasteiger partial charge in [-0.25, -0.2) is 0 Å². The molecular weight excluding hydrogens is 352 g/mol. The molecule has 0 saturated carbocycles. The number of para-hydroxylation sites is 1. The first-order chi connectivity index (χ1) is 13.7. The molecule has 5 heteroatoms. The molecule has 0 aliphatic rings. The zero-order valence-electron chi connectivity index (χ0n) is 15.9. The van der Waals surface area contributed by atoms with Crippen molar-refractivity contribution in [2.45, 2.75) is 19.5 Å². The van der Waals surface area contributed by atoms with Crippen LogP contribution in [0.15, 0.2) is 71.1 Å². The topological polar surface area (TPSA) is 63.5 Å². The molecule has 0 unspecified atom stereocenters. The Morgan fingerprint density at radius 2 is 1.75 bits per heavy atom. The molecular formula is C23H22N2O3. The maximum absolute atomic E-state index is 12.7. The van der Waals surface area contributed by atoms with Crippen molar-refractivity contribution in [2.75, 3.05) is 12.4 Å². The second-order valence-electron chi connectivity index (χ2n) is 6.72. The van der Waals surface area contributed by atoms with E-state index in [0.717, 1.165) is 21.9 Å². The van der Waals surface area contributed by atoms with Crippen LogP contribution in [0.2, 0.25) is 0 Å². The van der Waals surface area contributed by atoms with E-state index in [0.29, 0.717) is 23.6 Å². The monoisotopic (exact) mass is 374 g/mol. The molecule has 0 radical (unpaired) electrons. The minimum atomic E-state index is -0.365. The predicted octanol–water partition coefficient (Wildman–Crippen LogP) is 4.71. The minimum Gasteiger partial charge on any atom is -0.495 e. The van der Waals surface area contributed by atoms with Gasteiger partial charge in [0.2, 0.25) is 5.91 Å². The molecule has 3 aromatic carbocycles. The van der Waals surface area contributed by atoms with Gasteiger partial charge in [0.1, 0.15) is 16.9 Å². The molecule has 0 saturated heterocycles. The first-order valence-electron chi connectivity index (χ1n) is 9.23. The van der Waals surface area contributed by atoms with E-state index in [4.69, 9.17) is 9.15 Å². The highest BCUT2D eigenvalue weighted by Crippen LogP contribution is 2.36. The standard InChI is InChI=1S/C23H22N2O3/c1-15(24-14-16-8-4-3-5-9-16)23(26)25-19-13-21-18(12-22(19)27-2)17-10-6-7-11-20(17)28-21/h3-13,15,24H,14H2,1-2H3,(H,25,26)/t15-/m1/s1. The zero-order valence-corrected chi connectivity index (χ0v) is 15.9. The van der Waals surface area contributed by atoms with E-state index in [-0.39, 0.29) is 11.9 Å². The Morgan fingerprint density at radius 3 is 2.54 bits per heavy atom. The summed E-state index contributed by atoms with van der Waals surface area (Å²) in [6.45, 7) is 2.46. The van der Waals surface area contributed by atoms with Gasteiger partial charge < -0.3 is 19.8 Å². The lowest BCUT2D eigenvalue weighted by atomic mass is 10.1. The third-order valence-corrected chi connectivity index (χ3v) is 4.81. The van der Waals surface area contributed by atoms with E-state index in [1.807, 2.05) is 73.7 Å². The van der Waals surface area contributed by atoms with Gasteiger partial charge in [0, 0.05) is 23.4 Å². The molecule has 2 N–H and O–H groups in total. The first kappa shape index (κ1) is 18.1. The molecule has 1 atom stereocenters. The van der Waals surface area contributed by atoms with Gasteiger partial charge in [0.05, 0.1) is 18.8 Å². The summed E-state index contributed by atoms with van der Waals surface area (Å²) in [5, 5.41) is 8.17. The van der Waals surface area contributed by atoms with Gasteiger partial charge in [-0.2, -0.15) is 0 Å². The highest BCUT2D eigenvalue weighted by Gasteiger charge is 2.17. The van der Waals surface area contributed by atoms with Gasteiger partial charge in [-0.05, 0) is 24.6 Å². The summed E-state index contributed by atoms with van der Waals surface area (Å²) in [4.78, 5) is 12.7. The largest absolute Gasteiger partial charge is 0.495 e. The molecule has 0 bridgehead atoms. The van der Waals surface area contributed by atoms with Crippen molar-refractivity contribution in [2.24, 2.45) is 0 Å². The molecule has 0 fully saturated rings. The van der Waals surface area contributed by atoms with Crippen molar-refractivity contribution in [1.29, 1.82) is 0 Å². The average molecular weight is 374 g/mol. The molecule has 0 aliphatic heterocycles. The molecule has 1 aromatic heterocycles. The average Bonchev–Trinajstić information content (AvgIpc) is 3.09. The number of hydrogen-bond donors (Lipinski definition) is 2. The lowest BCUT2D eigenvalue weighted by Gasteiger charge is -2.16. The van der Waals surface area contributed by atoms with Crippen LogP contribution >= 0.6 is 0 Å². The molecule has 1 heterocycles. The Kier molecular flexibility index (Phi) is 5.00. The number of fused-ring (bicyclic) bond motifs is 3. The Balaban J connectivity index is 1.54. The summed E-state index contributed by atoms with van der Waals surface area (Å²) < 4.78 is 11.4. The Bertz CT molecular complexity index is 1120. The van der Waals surface area contributed by atoms with Gasteiger partial charge in [-0.3, -0.25) is 4.79 Å². The molecule has 142 valence electrons. The highest BCUT2D eigenvalue weighted by atomic mass is 16.5. The quantitative estimate of drug-likeness (QED) is 0.513. The van der Waals surface area contributed by atoms with Crippen LogP contribution in [0.5, 0.6) is 5.75 Å². The lowest BCUT2D eigenvalue weighted by molar-refractivity contribution is -0.117. The Morgan fingerprint density at radius 1 is 1.00 bits per heavy atom. The lowest BCUT2D eigenvalue weighted by Crippen LogP contribution is -2.37. The number of rotatable bonds is 6. The number of anilines is 1. The fourth-order valence-electron chi connectivity index (χ4n) is 3.22.